The molecule has 100 valence electrons. The van der Waals surface area contributed by atoms with Crippen LogP contribution in [0.4, 0.5) is 11.5 Å². The summed E-state index contributed by atoms with van der Waals surface area (Å²) in [4.78, 5) is 38.1. The van der Waals surface area contributed by atoms with Gasteiger partial charge in [0.2, 0.25) is 5.91 Å². The zero-order valence-corrected chi connectivity index (χ0v) is 10.4. The summed E-state index contributed by atoms with van der Waals surface area (Å²) in [7, 11) is 1.42. The average Bonchev–Trinajstić information content (AvgIpc) is 2.57. The Bertz CT molecular complexity index is 572. The van der Waals surface area contributed by atoms with Gasteiger partial charge in [0, 0.05) is 12.6 Å². The molecule has 1 unspecified atom stereocenters. The molecule has 1 aliphatic rings. The van der Waals surface area contributed by atoms with E-state index in [-0.39, 0.29) is 23.9 Å². The van der Waals surface area contributed by atoms with Gasteiger partial charge < -0.3 is 5.32 Å². The fourth-order valence-electron chi connectivity index (χ4n) is 1.87. The standard InChI is InChI=1S/C11H12N4O4/c1-6-3-9(12-5-8(6)15(18)19)13-7-4-10(16)14(2)11(7)17/h3,5,7H,4H2,1-2H3,(H,12,13). The van der Waals surface area contributed by atoms with E-state index in [4.69, 9.17) is 0 Å². The second kappa shape index (κ2) is 4.63. The lowest BCUT2D eigenvalue weighted by Crippen LogP contribution is -2.32. The number of carbonyl (C=O) groups excluding carboxylic acids is 2. The number of aryl methyl sites for hydroxylation is 1. The monoisotopic (exact) mass is 264 g/mol. The van der Waals surface area contributed by atoms with Gasteiger partial charge in [-0.05, 0) is 13.0 Å². The van der Waals surface area contributed by atoms with Crippen molar-refractivity contribution in [3.63, 3.8) is 0 Å². The summed E-state index contributed by atoms with van der Waals surface area (Å²) in [5.74, 6) is -0.256. The maximum Gasteiger partial charge on any atom is 0.290 e. The molecule has 0 saturated carbocycles. The lowest BCUT2D eigenvalue weighted by atomic mass is 10.2. The third kappa shape index (κ3) is 2.37. The molecule has 1 atom stereocenters. The van der Waals surface area contributed by atoms with Gasteiger partial charge >= 0.3 is 0 Å². The first-order valence-electron chi connectivity index (χ1n) is 5.58. The van der Waals surface area contributed by atoms with Crippen LogP contribution in [-0.4, -0.2) is 39.7 Å². The number of rotatable bonds is 3. The molecule has 2 rings (SSSR count). The first-order chi connectivity index (χ1) is 8.90. The number of carbonyl (C=O) groups is 2. The van der Waals surface area contributed by atoms with Gasteiger partial charge in [0.1, 0.15) is 18.1 Å². The summed E-state index contributed by atoms with van der Waals surface area (Å²) < 4.78 is 0. The van der Waals surface area contributed by atoms with E-state index in [2.05, 4.69) is 10.3 Å². The van der Waals surface area contributed by atoms with Crippen molar-refractivity contribution in [3.05, 3.63) is 27.9 Å². The number of likely N-dealkylation sites (tertiary alicyclic amines) is 1. The third-order valence-corrected chi connectivity index (χ3v) is 2.98. The second-order valence-corrected chi connectivity index (χ2v) is 4.31. The molecular weight excluding hydrogens is 252 g/mol. The van der Waals surface area contributed by atoms with Crippen LogP contribution in [0, 0.1) is 17.0 Å². The van der Waals surface area contributed by atoms with Gasteiger partial charge in [-0.2, -0.15) is 0 Å². The fraction of sp³-hybridized carbons (Fsp3) is 0.364. The van der Waals surface area contributed by atoms with Gasteiger partial charge in [-0.1, -0.05) is 0 Å². The van der Waals surface area contributed by atoms with Crippen molar-refractivity contribution in [1.29, 1.82) is 0 Å². The third-order valence-electron chi connectivity index (χ3n) is 2.98. The zero-order valence-electron chi connectivity index (χ0n) is 10.4. The largest absolute Gasteiger partial charge is 0.358 e. The van der Waals surface area contributed by atoms with Gasteiger partial charge in [0.25, 0.3) is 11.6 Å². The molecule has 1 saturated heterocycles. The molecule has 1 N–H and O–H groups in total. The molecule has 1 aliphatic heterocycles. The molecule has 1 aromatic rings. The molecular formula is C11H12N4O4. The smallest absolute Gasteiger partial charge is 0.290 e. The number of hydrogen-bond acceptors (Lipinski definition) is 6. The summed E-state index contributed by atoms with van der Waals surface area (Å²) in [6.07, 6.45) is 1.19. The SMILES string of the molecule is Cc1cc(NC2CC(=O)N(C)C2=O)ncc1[N+](=O)[O-]. The zero-order chi connectivity index (χ0) is 14.2. The minimum Gasteiger partial charge on any atom is -0.358 e. The Labute approximate surface area is 108 Å². The maximum atomic E-state index is 11.7. The van der Waals surface area contributed by atoms with E-state index in [1.165, 1.54) is 13.1 Å². The van der Waals surface area contributed by atoms with Crippen LogP contribution >= 0.6 is 0 Å². The first kappa shape index (κ1) is 12.9. The summed E-state index contributed by atoms with van der Waals surface area (Å²) in [6.45, 7) is 1.58. The molecule has 19 heavy (non-hydrogen) atoms. The lowest BCUT2D eigenvalue weighted by Gasteiger charge is -2.11. The van der Waals surface area contributed by atoms with Crippen molar-refractivity contribution in [2.24, 2.45) is 0 Å². The Hall–Kier alpha value is -2.51. The highest BCUT2D eigenvalue weighted by atomic mass is 16.6. The van der Waals surface area contributed by atoms with E-state index in [1.54, 1.807) is 6.92 Å². The average molecular weight is 264 g/mol. The number of amides is 2. The molecule has 0 spiro atoms. The predicted octanol–water partition coefficient (Wildman–Crippen LogP) is 0.467. The van der Waals surface area contributed by atoms with Gasteiger partial charge in [-0.3, -0.25) is 24.6 Å². The molecule has 0 aliphatic carbocycles. The van der Waals surface area contributed by atoms with Crippen molar-refractivity contribution in [1.82, 2.24) is 9.88 Å². The Morgan fingerprint density at radius 3 is 2.68 bits per heavy atom. The number of pyridine rings is 1. The summed E-state index contributed by atoms with van der Waals surface area (Å²) in [6, 6.07) is 0.819. The van der Waals surface area contributed by atoms with Crippen molar-refractivity contribution in [3.8, 4) is 0 Å². The van der Waals surface area contributed by atoms with Crippen molar-refractivity contribution < 1.29 is 14.5 Å². The van der Waals surface area contributed by atoms with Crippen LogP contribution in [0.25, 0.3) is 0 Å². The van der Waals surface area contributed by atoms with Gasteiger partial charge in [0.05, 0.1) is 11.3 Å². The summed E-state index contributed by atoms with van der Waals surface area (Å²) >= 11 is 0. The number of anilines is 1. The van der Waals surface area contributed by atoms with E-state index >= 15 is 0 Å². The molecule has 1 fully saturated rings. The van der Waals surface area contributed by atoms with Crippen LogP contribution in [0.15, 0.2) is 12.3 Å². The van der Waals surface area contributed by atoms with E-state index in [0.717, 1.165) is 11.1 Å². The van der Waals surface area contributed by atoms with Crippen LogP contribution in [0.1, 0.15) is 12.0 Å². The fourth-order valence-corrected chi connectivity index (χ4v) is 1.87. The second-order valence-electron chi connectivity index (χ2n) is 4.31. The summed E-state index contributed by atoms with van der Waals surface area (Å²) in [5.41, 5.74) is 0.351. The molecule has 2 amide bonds. The molecule has 8 nitrogen and oxygen atoms in total. The van der Waals surface area contributed by atoms with E-state index in [0.29, 0.717) is 11.4 Å². The number of nitrogens with one attached hydrogen (secondary N) is 1. The lowest BCUT2D eigenvalue weighted by molar-refractivity contribution is -0.385. The van der Waals surface area contributed by atoms with Gasteiger partial charge in [0.15, 0.2) is 0 Å². The number of nitro groups is 1. The number of hydrogen-bond donors (Lipinski definition) is 1. The van der Waals surface area contributed by atoms with Gasteiger partial charge in [-0.15, -0.1) is 0 Å². The topological polar surface area (TPSA) is 105 Å². The number of nitrogens with zero attached hydrogens (tertiary/aromatic N) is 3. The molecule has 0 bridgehead atoms. The quantitative estimate of drug-likeness (QED) is 0.483. The van der Waals surface area contributed by atoms with E-state index in [1.807, 2.05) is 0 Å². The van der Waals surface area contributed by atoms with Crippen LogP contribution < -0.4 is 5.32 Å². The highest BCUT2D eigenvalue weighted by Crippen LogP contribution is 2.21. The highest BCUT2D eigenvalue weighted by Gasteiger charge is 2.36. The summed E-state index contributed by atoms with van der Waals surface area (Å²) in [5, 5.41) is 13.5. The van der Waals surface area contributed by atoms with Crippen molar-refractivity contribution >= 4 is 23.3 Å². The maximum absolute atomic E-state index is 11.7. The van der Waals surface area contributed by atoms with Crippen molar-refractivity contribution in [2.75, 3.05) is 12.4 Å². The van der Waals surface area contributed by atoms with Crippen LogP contribution in [0.3, 0.4) is 0 Å². The molecule has 2 heterocycles. The van der Waals surface area contributed by atoms with Crippen LogP contribution in [0.2, 0.25) is 0 Å². The molecule has 0 radical (unpaired) electrons. The van der Waals surface area contributed by atoms with Crippen LogP contribution in [0.5, 0.6) is 0 Å². The Morgan fingerprint density at radius 1 is 1.53 bits per heavy atom. The number of likely N-dealkylation sites (N-methyl/N-ethyl adjacent to an activating group) is 1. The predicted molar refractivity (Wildman–Crippen MR) is 65.4 cm³/mol. The van der Waals surface area contributed by atoms with Crippen molar-refractivity contribution in [2.45, 2.75) is 19.4 Å². The Kier molecular flexibility index (Phi) is 3.16. The van der Waals surface area contributed by atoms with E-state index < -0.39 is 11.0 Å². The molecule has 1 aromatic heterocycles. The minimum absolute atomic E-state index is 0.0625. The molecule has 0 aromatic carbocycles. The molecule has 8 heteroatoms. The van der Waals surface area contributed by atoms with E-state index in [9.17, 15) is 19.7 Å². The number of imide groups is 1. The van der Waals surface area contributed by atoms with Crippen LogP contribution in [-0.2, 0) is 9.59 Å². The first-order valence-corrected chi connectivity index (χ1v) is 5.58. The van der Waals surface area contributed by atoms with Gasteiger partial charge in [-0.25, -0.2) is 4.98 Å². The normalized spacial score (nSPS) is 18.8. The minimum atomic E-state index is -0.661. The number of aromatic nitrogens is 1. The Morgan fingerprint density at radius 2 is 2.21 bits per heavy atom. The Balaban J connectivity index is 2.17. The highest BCUT2D eigenvalue weighted by molar-refractivity contribution is 6.06.